The maximum absolute atomic E-state index is 13.0. The highest BCUT2D eigenvalue weighted by Crippen LogP contribution is 2.37. The lowest BCUT2D eigenvalue weighted by atomic mass is 9.96. The summed E-state index contributed by atoms with van der Waals surface area (Å²) in [6.45, 7) is 5.73. The topological polar surface area (TPSA) is 74.8 Å². The fourth-order valence-corrected chi connectivity index (χ4v) is 11.2. The third-order valence-electron chi connectivity index (χ3n) is 9.59. The average Bonchev–Trinajstić information content (AvgIpc) is 3.12. The molecule has 8 rings (SSSR count). The Hall–Kier alpha value is -3.38. The van der Waals surface area contributed by atoms with Gasteiger partial charge in [-0.1, -0.05) is 83.9 Å². The van der Waals surface area contributed by atoms with Crippen LogP contribution in [-0.4, -0.2) is 38.5 Å². The predicted octanol–water partition coefficient (Wildman–Crippen LogP) is 9.32. The van der Waals surface area contributed by atoms with Gasteiger partial charge in [-0.05, 0) is 139 Å². The van der Waals surface area contributed by atoms with E-state index >= 15 is 0 Å². The summed E-state index contributed by atoms with van der Waals surface area (Å²) in [5.74, 6) is 0. The van der Waals surface area contributed by atoms with Gasteiger partial charge in [0.2, 0.25) is 20.0 Å². The minimum atomic E-state index is -3.47. The fourth-order valence-electron chi connectivity index (χ4n) is 6.77. The molecule has 10 heteroatoms. The van der Waals surface area contributed by atoms with Gasteiger partial charge in [0.25, 0.3) is 0 Å². The Morgan fingerprint density at radius 2 is 0.880 bits per heavy atom. The molecule has 2 heterocycles. The molecule has 0 bridgehead atoms. The molecular formula is C40H36Br2N2O4S2. The third kappa shape index (κ3) is 6.69. The van der Waals surface area contributed by atoms with Crippen molar-refractivity contribution in [3.63, 3.8) is 0 Å². The van der Waals surface area contributed by atoms with Crippen LogP contribution >= 0.6 is 31.9 Å². The van der Waals surface area contributed by atoms with E-state index in [4.69, 9.17) is 0 Å². The average molecular weight is 833 g/mol. The van der Waals surface area contributed by atoms with Gasteiger partial charge in [-0.25, -0.2) is 16.8 Å². The normalized spacial score (nSPS) is 15.3. The van der Waals surface area contributed by atoms with Crippen LogP contribution in [0.4, 0.5) is 0 Å². The minimum Gasteiger partial charge on any atom is -0.207 e. The summed E-state index contributed by atoms with van der Waals surface area (Å²) in [4.78, 5) is 0.725. The van der Waals surface area contributed by atoms with E-state index in [1.165, 1.54) is 21.9 Å². The maximum atomic E-state index is 13.0. The summed E-state index contributed by atoms with van der Waals surface area (Å²) < 4.78 is 57.2. The van der Waals surface area contributed by atoms with Gasteiger partial charge in [0.15, 0.2) is 0 Å². The standard InChI is InChI=1S/2C20H18BrNO2S/c2*1-14-6-8-17(9-7-14)25(23,24)22-11-10-19-16(13-22)12-15-4-2-3-5-18(15)20(19)21/h2*2-9,12H,10-11,13H2,1H3. The minimum absolute atomic E-state index is 0.362. The van der Waals surface area contributed by atoms with Gasteiger partial charge in [0.05, 0.1) is 9.79 Å². The second-order valence-electron chi connectivity index (χ2n) is 12.9. The number of sulfonamides is 2. The first kappa shape index (κ1) is 35.0. The monoisotopic (exact) mass is 830 g/mol. The van der Waals surface area contributed by atoms with Crippen molar-refractivity contribution < 1.29 is 16.8 Å². The Balaban J connectivity index is 0.000000157. The van der Waals surface area contributed by atoms with E-state index in [1.54, 1.807) is 32.9 Å². The Labute approximate surface area is 311 Å². The van der Waals surface area contributed by atoms with Gasteiger partial charge in [-0.3, -0.25) is 0 Å². The summed E-state index contributed by atoms with van der Waals surface area (Å²) in [5, 5.41) is 4.61. The number of aryl methyl sites for hydroxylation is 2. The summed E-state index contributed by atoms with van der Waals surface area (Å²) >= 11 is 7.45. The van der Waals surface area contributed by atoms with Gasteiger partial charge >= 0.3 is 0 Å². The number of nitrogens with zero attached hydrogens (tertiary/aromatic N) is 2. The van der Waals surface area contributed by atoms with Crippen LogP contribution in [0.2, 0.25) is 0 Å². The molecule has 0 amide bonds. The summed E-state index contributed by atoms with van der Waals surface area (Å²) in [5.41, 5.74) is 6.69. The molecule has 2 aliphatic heterocycles. The molecule has 6 nitrogen and oxygen atoms in total. The SMILES string of the molecule is Cc1ccc(S(=O)(=O)N2CCc3c(cc4ccccc4c3Br)C2)cc1.Cc1ccc(S(=O)(=O)N2CCc3c(cc4ccccc4c3Br)C2)cc1. The van der Waals surface area contributed by atoms with Crippen molar-refractivity contribution >= 4 is 73.5 Å². The van der Waals surface area contributed by atoms with Crippen LogP contribution in [0.25, 0.3) is 21.5 Å². The maximum Gasteiger partial charge on any atom is 0.243 e. The molecule has 0 saturated heterocycles. The largest absolute Gasteiger partial charge is 0.243 e. The second kappa shape index (κ2) is 14.0. The van der Waals surface area contributed by atoms with E-state index in [2.05, 4.69) is 68.3 Å². The Morgan fingerprint density at radius 1 is 0.520 bits per heavy atom. The molecule has 256 valence electrons. The van der Waals surface area contributed by atoms with E-state index in [1.807, 2.05) is 62.4 Å². The molecule has 2 aliphatic rings. The Bertz CT molecular complexity index is 2290. The van der Waals surface area contributed by atoms with Crippen LogP contribution in [-0.2, 0) is 46.0 Å². The molecule has 0 fully saturated rings. The summed E-state index contributed by atoms with van der Waals surface area (Å²) in [6.07, 6.45) is 1.43. The van der Waals surface area contributed by atoms with Crippen molar-refractivity contribution in [2.75, 3.05) is 13.1 Å². The van der Waals surface area contributed by atoms with Crippen LogP contribution in [0.15, 0.2) is 128 Å². The van der Waals surface area contributed by atoms with Crippen LogP contribution in [0.1, 0.15) is 33.4 Å². The van der Waals surface area contributed by atoms with Crippen molar-refractivity contribution in [1.82, 2.24) is 8.61 Å². The Kier molecular flexibility index (Phi) is 9.79. The fraction of sp³-hybridized carbons (Fsp3) is 0.200. The number of hydrogen-bond donors (Lipinski definition) is 0. The lowest BCUT2D eigenvalue weighted by molar-refractivity contribution is 0.391. The number of rotatable bonds is 4. The van der Waals surface area contributed by atoms with Crippen LogP contribution < -0.4 is 0 Å². The lowest BCUT2D eigenvalue weighted by Crippen LogP contribution is -2.36. The van der Waals surface area contributed by atoms with Crippen LogP contribution in [0.5, 0.6) is 0 Å². The van der Waals surface area contributed by atoms with E-state index in [-0.39, 0.29) is 0 Å². The zero-order chi connectivity index (χ0) is 35.2. The molecule has 0 N–H and O–H groups in total. The number of hydrogen-bond acceptors (Lipinski definition) is 4. The first-order valence-corrected chi connectivity index (χ1v) is 20.9. The predicted molar refractivity (Wildman–Crippen MR) is 208 cm³/mol. The van der Waals surface area contributed by atoms with E-state index in [0.29, 0.717) is 48.8 Å². The molecule has 6 aromatic carbocycles. The zero-order valence-electron chi connectivity index (χ0n) is 27.7. The molecule has 6 aromatic rings. The van der Waals surface area contributed by atoms with Gasteiger partial charge in [-0.2, -0.15) is 8.61 Å². The van der Waals surface area contributed by atoms with E-state index < -0.39 is 20.0 Å². The summed E-state index contributed by atoms with van der Waals surface area (Å²) in [6, 6.07) is 34.7. The quantitative estimate of drug-likeness (QED) is 0.178. The molecule has 0 atom stereocenters. The molecule has 50 heavy (non-hydrogen) atoms. The van der Waals surface area contributed by atoms with Crippen LogP contribution in [0, 0.1) is 13.8 Å². The Morgan fingerprint density at radius 3 is 1.26 bits per heavy atom. The van der Waals surface area contributed by atoms with Gasteiger partial charge in [0, 0.05) is 35.1 Å². The zero-order valence-corrected chi connectivity index (χ0v) is 32.5. The van der Waals surface area contributed by atoms with Crippen molar-refractivity contribution in [2.45, 2.75) is 49.6 Å². The van der Waals surface area contributed by atoms with Gasteiger partial charge < -0.3 is 0 Å². The molecular weight excluding hydrogens is 796 g/mol. The molecule has 0 radical (unpaired) electrons. The van der Waals surface area contributed by atoms with Crippen molar-refractivity contribution in [1.29, 1.82) is 0 Å². The number of benzene rings is 6. The van der Waals surface area contributed by atoms with E-state index in [0.717, 1.165) is 42.0 Å². The molecule has 0 spiro atoms. The van der Waals surface area contributed by atoms with Gasteiger partial charge in [0.1, 0.15) is 0 Å². The summed E-state index contributed by atoms with van der Waals surface area (Å²) in [7, 11) is -6.94. The highest BCUT2D eigenvalue weighted by molar-refractivity contribution is 9.11. The molecule has 0 aromatic heterocycles. The third-order valence-corrected chi connectivity index (χ3v) is 15.1. The first-order chi connectivity index (χ1) is 23.9. The lowest BCUT2D eigenvalue weighted by Gasteiger charge is -2.29. The van der Waals surface area contributed by atoms with Gasteiger partial charge in [-0.15, -0.1) is 0 Å². The van der Waals surface area contributed by atoms with E-state index in [9.17, 15) is 16.8 Å². The number of fused-ring (bicyclic) bond motifs is 4. The van der Waals surface area contributed by atoms with Crippen molar-refractivity contribution in [2.24, 2.45) is 0 Å². The second-order valence-corrected chi connectivity index (χ2v) is 18.4. The van der Waals surface area contributed by atoms with Crippen LogP contribution in [0.3, 0.4) is 0 Å². The molecule has 0 aliphatic carbocycles. The molecule has 0 saturated carbocycles. The number of halogens is 2. The highest BCUT2D eigenvalue weighted by Gasteiger charge is 2.31. The first-order valence-electron chi connectivity index (χ1n) is 16.4. The van der Waals surface area contributed by atoms with Crippen molar-refractivity contribution in [3.05, 3.63) is 152 Å². The smallest absolute Gasteiger partial charge is 0.207 e. The molecule has 0 unspecified atom stereocenters. The van der Waals surface area contributed by atoms with Crippen molar-refractivity contribution in [3.8, 4) is 0 Å². The highest BCUT2D eigenvalue weighted by atomic mass is 79.9.